The second-order valence-electron chi connectivity index (χ2n) is 5.71. The molecule has 3 aromatic rings. The summed E-state index contributed by atoms with van der Waals surface area (Å²) in [5.41, 5.74) is 1.67. The van der Waals surface area contributed by atoms with Crippen LogP contribution in [0.1, 0.15) is 21.7 Å². The van der Waals surface area contributed by atoms with Gasteiger partial charge in [0.1, 0.15) is 0 Å². The first-order valence-electron chi connectivity index (χ1n) is 7.78. The Bertz CT molecular complexity index is 1010. The summed E-state index contributed by atoms with van der Waals surface area (Å²) in [6.45, 7) is 2.87. The molecule has 0 fully saturated rings. The second kappa shape index (κ2) is 7.17. The van der Waals surface area contributed by atoms with Crippen molar-refractivity contribution in [1.82, 2.24) is 0 Å². The molecule has 0 radical (unpaired) electrons. The van der Waals surface area contributed by atoms with Crippen LogP contribution in [0.25, 0.3) is 11.0 Å². The van der Waals surface area contributed by atoms with Crippen molar-refractivity contribution in [3.05, 3.63) is 64.1 Å². The van der Waals surface area contributed by atoms with E-state index in [2.05, 4.69) is 5.32 Å². The monoisotopic (exact) mass is 375 g/mol. The number of halogens is 2. The maximum absolute atomic E-state index is 13.7. The van der Waals surface area contributed by atoms with Gasteiger partial charge in [-0.1, -0.05) is 29.8 Å². The Balaban J connectivity index is 1.69. The fourth-order valence-corrected chi connectivity index (χ4v) is 2.70. The molecule has 0 saturated heterocycles. The molecular weight excluding hydrogens is 361 g/mol. The van der Waals surface area contributed by atoms with E-state index in [1.54, 1.807) is 38.1 Å². The lowest BCUT2D eigenvalue weighted by atomic mass is 10.1. The topological polar surface area (TPSA) is 68.5 Å². The molecule has 26 heavy (non-hydrogen) atoms. The van der Waals surface area contributed by atoms with Crippen molar-refractivity contribution in [1.29, 1.82) is 0 Å². The number of aryl methyl sites for hydroxylation is 1. The van der Waals surface area contributed by atoms with E-state index in [0.29, 0.717) is 27.2 Å². The average Bonchev–Trinajstić information content (AvgIpc) is 2.95. The summed E-state index contributed by atoms with van der Waals surface area (Å²) in [6, 6.07) is 9.49. The first-order chi connectivity index (χ1) is 12.4. The smallest absolute Gasteiger partial charge is 0.375 e. The summed E-state index contributed by atoms with van der Waals surface area (Å²) in [5, 5.41) is 3.61. The van der Waals surface area contributed by atoms with Crippen LogP contribution in [0, 0.1) is 19.7 Å². The number of furan rings is 1. The molecule has 0 bridgehead atoms. The number of fused-ring (bicyclic) bond motifs is 1. The lowest BCUT2D eigenvalue weighted by molar-refractivity contribution is -0.119. The predicted molar refractivity (Wildman–Crippen MR) is 96.0 cm³/mol. The third-order valence-electron chi connectivity index (χ3n) is 3.98. The van der Waals surface area contributed by atoms with Gasteiger partial charge in [0.25, 0.3) is 5.91 Å². The Morgan fingerprint density at radius 2 is 1.88 bits per heavy atom. The summed E-state index contributed by atoms with van der Waals surface area (Å²) in [6.07, 6.45) is 0. The molecule has 0 aliphatic rings. The van der Waals surface area contributed by atoms with Crippen molar-refractivity contribution in [2.45, 2.75) is 13.8 Å². The molecule has 0 aliphatic heterocycles. The Morgan fingerprint density at radius 3 is 2.62 bits per heavy atom. The van der Waals surface area contributed by atoms with E-state index >= 15 is 0 Å². The predicted octanol–water partition coefficient (Wildman–Crippen LogP) is 4.64. The summed E-state index contributed by atoms with van der Waals surface area (Å²) in [4.78, 5) is 24.2. The number of benzene rings is 2. The zero-order valence-corrected chi connectivity index (χ0v) is 14.8. The quantitative estimate of drug-likeness (QED) is 0.674. The van der Waals surface area contributed by atoms with Gasteiger partial charge in [-0.25, -0.2) is 9.18 Å². The van der Waals surface area contributed by atoms with E-state index in [4.69, 9.17) is 20.8 Å². The van der Waals surface area contributed by atoms with E-state index in [1.807, 2.05) is 0 Å². The Hall–Kier alpha value is -2.86. The molecule has 0 atom stereocenters. The Labute approximate surface area is 153 Å². The lowest BCUT2D eigenvalue weighted by Gasteiger charge is -2.09. The number of rotatable bonds is 4. The fraction of sp³-hybridized carbons (Fsp3) is 0.158. The highest BCUT2D eigenvalue weighted by molar-refractivity contribution is 6.31. The van der Waals surface area contributed by atoms with Crippen molar-refractivity contribution >= 4 is 40.1 Å². The molecule has 134 valence electrons. The van der Waals surface area contributed by atoms with Gasteiger partial charge in [0.2, 0.25) is 5.76 Å². The van der Waals surface area contributed by atoms with Crippen molar-refractivity contribution < 1.29 is 23.1 Å². The van der Waals surface area contributed by atoms with Gasteiger partial charge in [-0.05, 0) is 37.6 Å². The molecule has 1 amide bonds. The van der Waals surface area contributed by atoms with Gasteiger partial charge in [-0.15, -0.1) is 0 Å². The number of amides is 1. The van der Waals surface area contributed by atoms with Crippen LogP contribution in [-0.4, -0.2) is 18.5 Å². The highest BCUT2D eigenvalue weighted by atomic mass is 35.5. The molecule has 0 saturated carbocycles. The maximum atomic E-state index is 13.7. The molecule has 1 N–H and O–H groups in total. The van der Waals surface area contributed by atoms with E-state index in [0.717, 1.165) is 0 Å². The lowest BCUT2D eigenvalue weighted by Crippen LogP contribution is -2.21. The van der Waals surface area contributed by atoms with E-state index < -0.39 is 24.3 Å². The van der Waals surface area contributed by atoms with Crippen LogP contribution in [0.15, 0.2) is 40.8 Å². The van der Waals surface area contributed by atoms with E-state index in [-0.39, 0.29) is 11.3 Å². The second-order valence-corrected chi connectivity index (χ2v) is 6.12. The van der Waals surface area contributed by atoms with Crippen molar-refractivity contribution in [3.63, 3.8) is 0 Å². The van der Waals surface area contributed by atoms with Crippen molar-refractivity contribution in [2.24, 2.45) is 0 Å². The number of carbonyl (C=O) groups is 2. The van der Waals surface area contributed by atoms with Crippen LogP contribution in [0.3, 0.4) is 0 Å². The average molecular weight is 376 g/mol. The Morgan fingerprint density at radius 1 is 1.15 bits per heavy atom. The van der Waals surface area contributed by atoms with Crippen LogP contribution in [0.4, 0.5) is 10.1 Å². The van der Waals surface area contributed by atoms with Crippen LogP contribution >= 0.6 is 11.6 Å². The van der Waals surface area contributed by atoms with Crippen LogP contribution in [0.5, 0.6) is 0 Å². The van der Waals surface area contributed by atoms with Crippen LogP contribution in [0.2, 0.25) is 5.02 Å². The van der Waals surface area contributed by atoms with Gasteiger partial charge in [-0.2, -0.15) is 0 Å². The minimum Gasteiger partial charge on any atom is -0.450 e. The van der Waals surface area contributed by atoms with Crippen LogP contribution < -0.4 is 5.32 Å². The molecule has 2 aromatic carbocycles. The molecule has 3 rings (SSSR count). The standard InChI is InChI=1S/C19H15ClFNO4/c1-10-12-5-3-7-14(21)18(12)26-17(10)19(24)25-9-16(23)22-15-8-4-6-13(20)11(15)2/h3-8H,9H2,1-2H3,(H,22,23). The summed E-state index contributed by atoms with van der Waals surface area (Å²) in [5.74, 6) is -2.06. The zero-order chi connectivity index (χ0) is 18.8. The fourth-order valence-electron chi connectivity index (χ4n) is 2.53. The van der Waals surface area contributed by atoms with Gasteiger partial charge < -0.3 is 14.5 Å². The number of esters is 1. The molecule has 5 nitrogen and oxygen atoms in total. The number of hydrogen-bond acceptors (Lipinski definition) is 4. The molecule has 0 spiro atoms. The third-order valence-corrected chi connectivity index (χ3v) is 4.39. The molecule has 0 unspecified atom stereocenters. The molecule has 1 aromatic heterocycles. The SMILES string of the molecule is Cc1c(Cl)cccc1NC(=O)COC(=O)c1oc2c(F)cccc2c1C. The molecular formula is C19H15ClFNO4. The third kappa shape index (κ3) is 3.41. The number of para-hydroxylation sites is 1. The number of carbonyl (C=O) groups excluding carboxylic acids is 2. The first-order valence-corrected chi connectivity index (χ1v) is 8.16. The van der Waals surface area contributed by atoms with Crippen molar-refractivity contribution in [3.8, 4) is 0 Å². The van der Waals surface area contributed by atoms with Gasteiger partial charge >= 0.3 is 5.97 Å². The van der Waals surface area contributed by atoms with Gasteiger partial charge in [0.15, 0.2) is 18.0 Å². The van der Waals surface area contributed by atoms with Crippen molar-refractivity contribution in [2.75, 3.05) is 11.9 Å². The maximum Gasteiger partial charge on any atom is 0.375 e. The normalized spacial score (nSPS) is 10.8. The molecule has 0 aliphatic carbocycles. The highest BCUT2D eigenvalue weighted by Crippen LogP contribution is 2.28. The molecule has 1 heterocycles. The van der Waals surface area contributed by atoms with Gasteiger partial charge in [0, 0.05) is 21.7 Å². The molecule has 7 heteroatoms. The summed E-state index contributed by atoms with van der Waals surface area (Å²) >= 11 is 5.99. The first kappa shape index (κ1) is 17.9. The number of hydrogen-bond donors (Lipinski definition) is 1. The minimum atomic E-state index is -0.837. The number of anilines is 1. The zero-order valence-electron chi connectivity index (χ0n) is 14.1. The van der Waals surface area contributed by atoms with E-state index in [9.17, 15) is 14.0 Å². The number of ether oxygens (including phenoxy) is 1. The van der Waals surface area contributed by atoms with E-state index in [1.165, 1.54) is 12.1 Å². The highest BCUT2D eigenvalue weighted by Gasteiger charge is 2.21. The summed E-state index contributed by atoms with van der Waals surface area (Å²) < 4.78 is 24.0. The minimum absolute atomic E-state index is 0.0176. The van der Waals surface area contributed by atoms with Crippen LogP contribution in [-0.2, 0) is 9.53 Å². The summed E-state index contributed by atoms with van der Waals surface area (Å²) in [7, 11) is 0. The largest absolute Gasteiger partial charge is 0.450 e. The Kier molecular flexibility index (Phi) is 4.95. The van der Waals surface area contributed by atoms with Gasteiger partial charge in [-0.3, -0.25) is 4.79 Å². The number of nitrogens with one attached hydrogen (secondary N) is 1. The van der Waals surface area contributed by atoms with Gasteiger partial charge in [0.05, 0.1) is 0 Å².